The standard InChI is InChI=1S/C14H20O3S/c1-10(2)17-14(15)9-18(16)8-13-6-11(3)5-12(4)7-13/h5-7,10H,8-9H2,1-4H3. The summed E-state index contributed by atoms with van der Waals surface area (Å²) < 4.78 is 16.8. The first-order valence-corrected chi connectivity index (χ1v) is 7.47. The number of rotatable bonds is 5. The molecule has 0 aliphatic rings. The highest BCUT2D eigenvalue weighted by atomic mass is 32.2. The molecule has 100 valence electrons. The quantitative estimate of drug-likeness (QED) is 0.771. The fourth-order valence-electron chi connectivity index (χ4n) is 1.82. The molecule has 18 heavy (non-hydrogen) atoms. The monoisotopic (exact) mass is 268 g/mol. The van der Waals surface area contributed by atoms with E-state index < -0.39 is 16.8 Å². The van der Waals surface area contributed by atoms with Gasteiger partial charge in [-0.15, -0.1) is 0 Å². The van der Waals surface area contributed by atoms with Crippen molar-refractivity contribution in [3.63, 3.8) is 0 Å². The van der Waals surface area contributed by atoms with E-state index in [2.05, 4.69) is 6.07 Å². The third-order valence-corrected chi connectivity index (χ3v) is 3.47. The van der Waals surface area contributed by atoms with E-state index in [4.69, 9.17) is 4.74 Å². The molecule has 1 aromatic carbocycles. The van der Waals surface area contributed by atoms with E-state index in [0.717, 1.165) is 16.7 Å². The van der Waals surface area contributed by atoms with Gasteiger partial charge in [0.1, 0.15) is 5.75 Å². The highest BCUT2D eigenvalue weighted by Gasteiger charge is 2.11. The average molecular weight is 268 g/mol. The van der Waals surface area contributed by atoms with Crippen LogP contribution >= 0.6 is 0 Å². The minimum atomic E-state index is -1.21. The summed E-state index contributed by atoms with van der Waals surface area (Å²) in [4.78, 5) is 11.4. The predicted molar refractivity (Wildman–Crippen MR) is 73.9 cm³/mol. The van der Waals surface area contributed by atoms with Gasteiger partial charge in [0, 0.05) is 16.6 Å². The molecule has 0 N–H and O–H groups in total. The topological polar surface area (TPSA) is 43.4 Å². The number of ether oxygens (including phenoxy) is 1. The molecule has 0 saturated carbocycles. The van der Waals surface area contributed by atoms with Gasteiger partial charge in [0.05, 0.1) is 6.10 Å². The Kier molecular flexibility index (Phi) is 5.54. The molecule has 0 radical (unpaired) electrons. The summed E-state index contributed by atoms with van der Waals surface area (Å²) in [5, 5.41) is 0. The smallest absolute Gasteiger partial charge is 0.318 e. The molecule has 0 aromatic heterocycles. The second kappa shape index (κ2) is 6.69. The number of benzene rings is 1. The zero-order valence-electron chi connectivity index (χ0n) is 11.4. The lowest BCUT2D eigenvalue weighted by molar-refractivity contribution is -0.144. The maximum atomic E-state index is 11.8. The summed E-state index contributed by atoms with van der Waals surface area (Å²) in [6.45, 7) is 7.58. The second-order valence-electron chi connectivity index (χ2n) is 4.76. The molecule has 0 heterocycles. The lowest BCUT2D eigenvalue weighted by Gasteiger charge is -2.08. The lowest BCUT2D eigenvalue weighted by atomic mass is 10.1. The largest absolute Gasteiger partial charge is 0.462 e. The SMILES string of the molecule is Cc1cc(C)cc(CS(=O)CC(=O)OC(C)C)c1. The zero-order chi connectivity index (χ0) is 13.7. The average Bonchev–Trinajstić information content (AvgIpc) is 2.12. The number of esters is 1. The molecule has 1 unspecified atom stereocenters. The normalized spacial score (nSPS) is 12.5. The van der Waals surface area contributed by atoms with Crippen molar-refractivity contribution in [1.29, 1.82) is 0 Å². The van der Waals surface area contributed by atoms with Crippen molar-refractivity contribution < 1.29 is 13.7 Å². The Morgan fingerprint density at radius 1 is 1.22 bits per heavy atom. The third kappa shape index (κ3) is 5.45. The number of hydrogen-bond acceptors (Lipinski definition) is 3. The first-order chi connectivity index (χ1) is 8.36. The maximum absolute atomic E-state index is 11.8. The van der Waals surface area contributed by atoms with Crippen LogP contribution in [0.25, 0.3) is 0 Å². The molecule has 1 atom stereocenters. The summed E-state index contributed by atoms with van der Waals surface area (Å²) in [6.07, 6.45) is -0.157. The van der Waals surface area contributed by atoms with Gasteiger partial charge in [-0.1, -0.05) is 29.3 Å². The van der Waals surface area contributed by atoms with Crippen molar-refractivity contribution in [2.75, 3.05) is 5.75 Å². The summed E-state index contributed by atoms with van der Waals surface area (Å²) in [5.74, 6) is -0.0337. The van der Waals surface area contributed by atoms with Crippen LogP contribution in [0, 0.1) is 13.8 Å². The Labute approximate surface area is 111 Å². The van der Waals surface area contributed by atoms with Gasteiger partial charge in [-0.05, 0) is 33.3 Å². The Morgan fingerprint density at radius 3 is 2.28 bits per heavy atom. The second-order valence-corrected chi connectivity index (χ2v) is 6.22. The summed E-state index contributed by atoms with van der Waals surface area (Å²) >= 11 is 0. The van der Waals surface area contributed by atoms with E-state index in [1.807, 2.05) is 26.0 Å². The van der Waals surface area contributed by atoms with Gasteiger partial charge in [-0.25, -0.2) is 0 Å². The van der Waals surface area contributed by atoms with E-state index >= 15 is 0 Å². The molecule has 3 nitrogen and oxygen atoms in total. The van der Waals surface area contributed by atoms with Crippen LogP contribution in [0.2, 0.25) is 0 Å². The number of aryl methyl sites for hydroxylation is 2. The summed E-state index contributed by atoms with van der Waals surface area (Å²) in [7, 11) is -1.21. The summed E-state index contributed by atoms with van der Waals surface area (Å²) in [5.41, 5.74) is 3.29. The van der Waals surface area contributed by atoms with E-state index in [9.17, 15) is 9.00 Å². The molecular formula is C14H20O3S. The minimum Gasteiger partial charge on any atom is -0.462 e. The first-order valence-electron chi connectivity index (χ1n) is 5.98. The molecule has 0 bridgehead atoms. The fraction of sp³-hybridized carbons (Fsp3) is 0.500. The van der Waals surface area contributed by atoms with Crippen LogP contribution in [-0.2, 0) is 26.1 Å². The molecule has 0 aliphatic heterocycles. The van der Waals surface area contributed by atoms with E-state index in [0.29, 0.717) is 5.75 Å². The third-order valence-electron chi connectivity index (χ3n) is 2.26. The Balaban J connectivity index is 2.57. The molecule has 4 heteroatoms. The van der Waals surface area contributed by atoms with Crippen LogP contribution in [-0.4, -0.2) is 22.0 Å². The highest BCUT2D eigenvalue weighted by molar-refractivity contribution is 7.84. The molecule has 0 saturated heterocycles. The van der Waals surface area contributed by atoms with Crippen molar-refractivity contribution in [2.45, 2.75) is 39.6 Å². The number of carbonyl (C=O) groups excluding carboxylic acids is 1. The van der Waals surface area contributed by atoms with Crippen LogP contribution < -0.4 is 0 Å². The molecule has 0 aliphatic carbocycles. The van der Waals surface area contributed by atoms with Crippen molar-refractivity contribution in [3.8, 4) is 0 Å². The van der Waals surface area contributed by atoms with E-state index in [1.54, 1.807) is 13.8 Å². The molecule has 1 aromatic rings. The van der Waals surface area contributed by atoms with Gasteiger partial charge in [-0.2, -0.15) is 0 Å². The first kappa shape index (κ1) is 14.9. The van der Waals surface area contributed by atoms with Gasteiger partial charge >= 0.3 is 5.97 Å². The van der Waals surface area contributed by atoms with Crippen LogP contribution in [0.3, 0.4) is 0 Å². The van der Waals surface area contributed by atoms with Crippen LogP contribution in [0.15, 0.2) is 18.2 Å². The molecule has 0 fully saturated rings. The van der Waals surface area contributed by atoms with E-state index in [1.165, 1.54) is 0 Å². The van der Waals surface area contributed by atoms with Gasteiger partial charge < -0.3 is 4.74 Å². The lowest BCUT2D eigenvalue weighted by Crippen LogP contribution is -2.18. The van der Waals surface area contributed by atoms with Gasteiger partial charge in [0.15, 0.2) is 0 Å². The molecule has 0 spiro atoms. The Morgan fingerprint density at radius 2 is 1.78 bits per heavy atom. The van der Waals surface area contributed by atoms with Crippen LogP contribution in [0.4, 0.5) is 0 Å². The van der Waals surface area contributed by atoms with E-state index in [-0.39, 0.29) is 11.9 Å². The number of carbonyl (C=O) groups is 1. The van der Waals surface area contributed by atoms with Crippen LogP contribution in [0.5, 0.6) is 0 Å². The van der Waals surface area contributed by atoms with Crippen molar-refractivity contribution in [1.82, 2.24) is 0 Å². The van der Waals surface area contributed by atoms with Gasteiger partial charge in [-0.3, -0.25) is 9.00 Å². The van der Waals surface area contributed by atoms with Gasteiger partial charge in [0.25, 0.3) is 0 Å². The number of hydrogen-bond donors (Lipinski definition) is 0. The molecule has 0 amide bonds. The fourth-order valence-corrected chi connectivity index (χ4v) is 2.79. The van der Waals surface area contributed by atoms with Crippen molar-refractivity contribution in [2.24, 2.45) is 0 Å². The zero-order valence-corrected chi connectivity index (χ0v) is 12.2. The molecular weight excluding hydrogens is 248 g/mol. The van der Waals surface area contributed by atoms with Crippen molar-refractivity contribution in [3.05, 3.63) is 34.9 Å². The summed E-state index contributed by atoms with van der Waals surface area (Å²) in [6, 6.07) is 6.07. The highest BCUT2D eigenvalue weighted by Crippen LogP contribution is 2.11. The van der Waals surface area contributed by atoms with Crippen molar-refractivity contribution >= 4 is 16.8 Å². The van der Waals surface area contributed by atoms with Gasteiger partial charge in [0.2, 0.25) is 0 Å². The molecule has 1 rings (SSSR count). The maximum Gasteiger partial charge on any atom is 0.318 e. The van der Waals surface area contributed by atoms with Crippen LogP contribution in [0.1, 0.15) is 30.5 Å². The minimum absolute atomic E-state index is 0.0365. The Bertz CT molecular complexity index is 432. The predicted octanol–water partition coefficient (Wildman–Crippen LogP) is 2.50. The Hall–Kier alpha value is -1.16.